The minimum atomic E-state index is -0.706. The number of ether oxygens (including phenoxy) is 2. The van der Waals surface area contributed by atoms with Crippen LogP contribution in [-0.2, 0) is 0 Å². The molecule has 2 aromatic heterocycles. The molecule has 0 saturated heterocycles. The number of benzene rings is 4. The molecule has 6 rings (SSSR count). The van der Waals surface area contributed by atoms with Crippen molar-refractivity contribution in [1.29, 1.82) is 0 Å². The van der Waals surface area contributed by atoms with Gasteiger partial charge in [0.2, 0.25) is 0 Å². The molecule has 0 aliphatic heterocycles. The number of halogens is 3. The van der Waals surface area contributed by atoms with E-state index in [9.17, 15) is 9.90 Å². The van der Waals surface area contributed by atoms with Gasteiger partial charge in [0.15, 0.2) is 6.29 Å². The second-order valence-corrected chi connectivity index (χ2v) is 12.1. The van der Waals surface area contributed by atoms with Crippen molar-refractivity contribution in [3.05, 3.63) is 127 Å². The normalized spacial score (nSPS) is 10.7. The molecule has 0 bridgehead atoms. The number of thiophene rings is 2. The Bertz CT molecular complexity index is 1810. The Labute approximate surface area is 302 Å². The zero-order valence-electron chi connectivity index (χ0n) is 24.6. The minimum Gasteiger partial charge on any atom is -1.00 e. The Morgan fingerprint density at radius 2 is 1.39 bits per heavy atom. The molecule has 0 aliphatic carbocycles. The molecule has 1 atom stereocenters. The van der Waals surface area contributed by atoms with Gasteiger partial charge >= 0.3 is 23.1 Å². The number of aldehydes is 1. The van der Waals surface area contributed by atoms with Crippen LogP contribution >= 0.6 is 45.9 Å². The molecule has 0 aliphatic rings. The summed E-state index contributed by atoms with van der Waals surface area (Å²) < 4.78 is 12.3. The number of hydrogen-bond acceptors (Lipinski definition) is 6. The zero-order chi connectivity index (χ0) is 30.2. The van der Waals surface area contributed by atoms with Gasteiger partial charge in [0.05, 0.1) is 34.0 Å². The Morgan fingerprint density at radius 1 is 0.818 bits per heavy atom. The van der Waals surface area contributed by atoms with Crippen LogP contribution in [0, 0.1) is 19.9 Å². The van der Waals surface area contributed by atoms with Crippen molar-refractivity contribution in [3.63, 3.8) is 0 Å². The van der Waals surface area contributed by atoms with Gasteiger partial charge in [0.1, 0.15) is 17.6 Å². The van der Waals surface area contributed by atoms with Crippen LogP contribution in [0.15, 0.2) is 84.9 Å². The standard InChI is InChI=1S/C17H15ClO2S.C10H7ClO2S.C7H7.BrH.Mg/c1-10-5-3-4-6-12(10)16(19)17-15(18)13-8-7-11(20-2)9-14(13)21-17;1-13-6-2-3-7-8(4-6)14-9(5-12)10(7)11;1-7-5-3-2-4-6-7;;/h3-9,16,19H,1-2H3;2-5H,1H3;2-5H,1H3;1H;/q;;-1;;+2/p-1. The number of carbonyl (C=O) groups is 1. The first-order valence-electron chi connectivity index (χ1n) is 12.9. The van der Waals surface area contributed by atoms with Gasteiger partial charge in [-0.3, -0.25) is 4.79 Å². The Kier molecular flexibility index (Phi) is 15.7. The Hall–Kier alpha value is -2.14. The second-order valence-electron chi connectivity index (χ2n) is 9.21. The van der Waals surface area contributed by atoms with Crippen molar-refractivity contribution in [2.45, 2.75) is 20.0 Å². The topological polar surface area (TPSA) is 55.8 Å². The van der Waals surface area contributed by atoms with Gasteiger partial charge in [-0.2, -0.15) is 35.9 Å². The fraction of sp³-hybridized carbons (Fsp3) is 0.147. The van der Waals surface area contributed by atoms with Crippen LogP contribution in [0.1, 0.15) is 37.3 Å². The van der Waals surface area contributed by atoms with E-state index in [1.807, 2.05) is 98.8 Å². The summed E-state index contributed by atoms with van der Waals surface area (Å²) in [4.78, 5) is 12.0. The van der Waals surface area contributed by atoms with Crippen molar-refractivity contribution in [2.75, 3.05) is 14.2 Å². The average Bonchev–Trinajstić information content (AvgIpc) is 3.52. The molecule has 1 N–H and O–H groups in total. The van der Waals surface area contributed by atoms with Crippen molar-refractivity contribution < 1.29 is 36.4 Å². The predicted molar refractivity (Wildman–Crippen MR) is 183 cm³/mol. The van der Waals surface area contributed by atoms with E-state index < -0.39 is 6.10 Å². The van der Waals surface area contributed by atoms with Crippen molar-refractivity contribution in [2.24, 2.45) is 0 Å². The molecule has 0 amide bonds. The largest absolute Gasteiger partial charge is 2.00 e. The van der Waals surface area contributed by atoms with Gasteiger partial charge in [0, 0.05) is 20.2 Å². The maximum Gasteiger partial charge on any atom is 2.00 e. The Morgan fingerprint density at radius 3 is 1.89 bits per heavy atom. The zero-order valence-corrected chi connectivity index (χ0v) is 30.7. The fourth-order valence-corrected chi connectivity index (χ4v) is 7.04. The van der Waals surface area contributed by atoms with Crippen LogP contribution in [0.3, 0.4) is 0 Å². The number of hydrogen-bond donors (Lipinski definition) is 1. The quantitative estimate of drug-likeness (QED) is 0.121. The summed E-state index contributed by atoms with van der Waals surface area (Å²) in [5, 5.41) is 13.7. The van der Waals surface area contributed by atoms with Crippen LogP contribution < -0.4 is 26.5 Å². The van der Waals surface area contributed by atoms with Crippen molar-refractivity contribution in [3.8, 4) is 11.5 Å². The van der Waals surface area contributed by atoms with Gasteiger partial charge in [-0.25, -0.2) is 0 Å². The van der Waals surface area contributed by atoms with Crippen LogP contribution in [0.4, 0.5) is 0 Å². The number of methoxy groups -OCH3 is 2. The van der Waals surface area contributed by atoms with Crippen molar-refractivity contribution >= 4 is 95.4 Å². The van der Waals surface area contributed by atoms with Crippen LogP contribution in [0.25, 0.3) is 20.2 Å². The van der Waals surface area contributed by atoms with Gasteiger partial charge < -0.3 is 31.6 Å². The van der Waals surface area contributed by atoms with Crippen LogP contribution in [0.2, 0.25) is 10.0 Å². The average molecular weight is 741 g/mol. The van der Waals surface area contributed by atoms with E-state index in [4.69, 9.17) is 32.7 Å². The molecule has 224 valence electrons. The second kappa shape index (κ2) is 18.1. The number of fused-ring (bicyclic) bond motifs is 2. The summed E-state index contributed by atoms with van der Waals surface area (Å²) in [6, 6.07) is 30.1. The van der Waals surface area contributed by atoms with E-state index in [0.717, 1.165) is 54.0 Å². The molecule has 1 unspecified atom stereocenters. The molecule has 0 spiro atoms. The van der Waals surface area contributed by atoms with E-state index >= 15 is 0 Å². The van der Waals surface area contributed by atoms with Crippen molar-refractivity contribution in [1.82, 2.24) is 0 Å². The maximum absolute atomic E-state index is 10.7. The number of aliphatic hydroxyl groups excluding tert-OH is 1. The molecule has 2 heterocycles. The third-order valence-corrected chi connectivity index (χ3v) is 9.75. The first-order valence-corrected chi connectivity index (χ1v) is 15.3. The summed E-state index contributed by atoms with van der Waals surface area (Å²) in [5.74, 6) is 1.56. The summed E-state index contributed by atoms with van der Waals surface area (Å²) in [6.07, 6.45) is 0.0709. The van der Waals surface area contributed by atoms with Gasteiger partial charge in [-0.05, 0) is 54.4 Å². The third kappa shape index (κ3) is 9.20. The van der Waals surface area contributed by atoms with E-state index in [1.54, 1.807) is 14.2 Å². The first kappa shape index (κ1) is 38.0. The number of aliphatic hydroxyl groups is 1. The molecule has 4 aromatic carbocycles. The summed E-state index contributed by atoms with van der Waals surface area (Å²) >= 11 is 15.3. The molecular weight excluding hydrogens is 712 g/mol. The molecule has 0 radical (unpaired) electrons. The minimum absolute atomic E-state index is 0. The molecule has 4 nitrogen and oxygen atoms in total. The van der Waals surface area contributed by atoms with Gasteiger partial charge in [0.25, 0.3) is 0 Å². The van der Waals surface area contributed by atoms with Crippen LogP contribution in [-0.4, -0.2) is 48.7 Å². The first-order chi connectivity index (χ1) is 20.3. The molecule has 6 aromatic rings. The van der Waals surface area contributed by atoms with E-state index in [2.05, 4.69) is 6.07 Å². The number of rotatable bonds is 5. The predicted octanol–water partition coefficient (Wildman–Crippen LogP) is 6.75. The molecule has 10 heteroatoms. The molecule has 0 saturated carbocycles. The van der Waals surface area contributed by atoms with Crippen LogP contribution in [0.5, 0.6) is 11.5 Å². The summed E-state index contributed by atoms with van der Waals surface area (Å²) in [7, 11) is 3.25. The third-order valence-electron chi connectivity index (χ3n) is 6.43. The van der Waals surface area contributed by atoms with E-state index in [0.29, 0.717) is 14.9 Å². The fourth-order valence-electron chi connectivity index (χ4n) is 4.15. The molecular formula is C34H29BrCl2MgO4S2. The smallest absolute Gasteiger partial charge is 1.00 e. The molecule has 44 heavy (non-hydrogen) atoms. The van der Waals surface area contributed by atoms with E-state index in [-0.39, 0.29) is 40.0 Å². The Balaban J connectivity index is 0.000000253. The molecule has 0 fully saturated rings. The monoisotopic (exact) mass is 738 g/mol. The van der Waals surface area contributed by atoms with Gasteiger partial charge in [-0.15, -0.1) is 22.7 Å². The number of carbonyl (C=O) groups excluding carboxylic acids is 1. The number of aryl methyl sites for hydroxylation is 2. The SMILES string of the molecule is COc1ccc2c(Cl)c(C(O)c3ccccc3C)sc2c1.COc1ccc2c(Cl)c(C=O)sc2c1.Cc1[c-]cccc1.[Br-].[Mg+2]. The van der Waals surface area contributed by atoms with E-state index in [1.165, 1.54) is 28.2 Å². The summed E-state index contributed by atoms with van der Waals surface area (Å²) in [6.45, 7) is 4.02. The maximum atomic E-state index is 10.7. The summed E-state index contributed by atoms with van der Waals surface area (Å²) in [5.41, 5.74) is 3.14. The van der Waals surface area contributed by atoms with Gasteiger partial charge in [-0.1, -0.05) is 54.4 Å².